The van der Waals surface area contributed by atoms with Gasteiger partial charge in [-0.25, -0.2) is 4.39 Å². The first-order valence-electron chi connectivity index (χ1n) is 10.0. The van der Waals surface area contributed by atoms with Crippen LogP contribution in [0, 0.1) is 19.7 Å². The lowest BCUT2D eigenvalue weighted by Crippen LogP contribution is -2.38. The smallest absolute Gasteiger partial charge is 0.244 e. The zero-order chi connectivity index (χ0) is 22.1. The number of nitrogens with one attached hydrogen (secondary N) is 1. The molecule has 0 fully saturated rings. The van der Waals surface area contributed by atoms with Crippen molar-refractivity contribution < 1.29 is 18.7 Å². The first kappa shape index (κ1) is 20.8. The van der Waals surface area contributed by atoms with Crippen LogP contribution < -0.4 is 14.8 Å². The van der Waals surface area contributed by atoms with Crippen LogP contribution in [0.5, 0.6) is 11.6 Å². The van der Waals surface area contributed by atoms with Crippen molar-refractivity contribution in [3.63, 3.8) is 0 Å². The summed E-state index contributed by atoms with van der Waals surface area (Å²) < 4.78 is 27.0. The van der Waals surface area contributed by atoms with E-state index in [1.807, 2.05) is 19.9 Å². The van der Waals surface area contributed by atoms with Crippen molar-refractivity contribution in [2.75, 3.05) is 13.7 Å². The van der Waals surface area contributed by atoms with Gasteiger partial charge in [-0.1, -0.05) is 0 Å². The minimum absolute atomic E-state index is 0.154. The number of aryl methyl sites for hydroxylation is 2. The van der Waals surface area contributed by atoms with Crippen LogP contribution in [0.15, 0.2) is 30.3 Å². The largest absolute Gasteiger partial charge is 0.487 e. The number of aromatic nitrogens is 4. The topological polar surface area (TPSA) is 91.2 Å². The van der Waals surface area contributed by atoms with E-state index in [0.717, 1.165) is 17.0 Å². The summed E-state index contributed by atoms with van der Waals surface area (Å²) in [6.45, 7) is 5.90. The van der Waals surface area contributed by atoms with E-state index >= 15 is 0 Å². The highest BCUT2D eigenvalue weighted by Crippen LogP contribution is 2.39. The van der Waals surface area contributed by atoms with Crippen LogP contribution in [-0.2, 0) is 11.2 Å². The van der Waals surface area contributed by atoms with Gasteiger partial charge in [-0.05, 0) is 45.0 Å². The average Bonchev–Trinajstić information content (AvgIpc) is 3.32. The highest BCUT2D eigenvalue weighted by molar-refractivity contribution is 5.80. The van der Waals surface area contributed by atoms with Gasteiger partial charge in [-0.15, -0.1) is 10.2 Å². The standard InChI is InChI=1S/C22H24FN5O3/c1-12-7-13(2)28(27-12)14(3)22(29)24-11-17-9-15-8-16(23)10-18(21(15)31-17)19-5-6-20(30-4)26-25-19/h5-8,10,14,17H,9,11H2,1-4H3,(H,24,29)/t14-,17+/m1/s1. The van der Waals surface area contributed by atoms with Gasteiger partial charge in [-0.2, -0.15) is 5.10 Å². The fraction of sp³-hybridized carbons (Fsp3) is 0.364. The molecule has 1 aliphatic rings. The lowest BCUT2D eigenvalue weighted by atomic mass is 10.0. The van der Waals surface area contributed by atoms with Crippen LogP contribution in [0.3, 0.4) is 0 Å². The highest BCUT2D eigenvalue weighted by atomic mass is 19.1. The third kappa shape index (κ3) is 4.21. The maximum atomic E-state index is 14.2. The van der Waals surface area contributed by atoms with Gasteiger partial charge in [0, 0.05) is 29.3 Å². The van der Waals surface area contributed by atoms with Gasteiger partial charge in [0.2, 0.25) is 11.8 Å². The van der Waals surface area contributed by atoms with E-state index in [1.165, 1.54) is 19.2 Å². The van der Waals surface area contributed by atoms with E-state index in [-0.39, 0.29) is 17.8 Å². The fourth-order valence-corrected chi connectivity index (χ4v) is 3.78. The van der Waals surface area contributed by atoms with Crippen molar-refractivity contribution in [1.29, 1.82) is 0 Å². The van der Waals surface area contributed by atoms with Crippen LogP contribution in [0.1, 0.15) is 29.9 Å². The van der Waals surface area contributed by atoms with Crippen LogP contribution >= 0.6 is 0 Å². The summed E-state index contributed by atoms with van der Waals surface area (Å²) in [6.07, 6.45) is 0.177. The number of nitrogens with zero attached hydrogens (tertiary/aromatic N) is 4. The molecule has 3 aromatic rings. The maximum absolute atomic E-state index is 14.2. The number of hydrogen-bond acceptors (Lipinski definition) is 6. The number of carbonyl (C=O) groups is 1. The number of fused-ring (bicyclic) bond motifs is 1. The van der Waals surface area contributed by atoms with Gasteiger partial charge >= 0.3 is 0 Å². The van der Waals surface area contributed by atoms with E-state index in [9.17, 15) is 9.18 Å². The maximum Gasteiger partial charge on any atom is 0.244 e. The summed E-state index contributed by atoms with van der Waals surface area (Å²) in [5, 5.41) is 15.3. The molecule has 162 valence electrons. The Morgan fingerprint density at radius 2 is 2.13 bits per heavy atom. The molecule has 1 aromatic carbocycles. The molecule has 9 heteroatoms. The molecule has 2 aromatic heterocycles. The minimum Gasteiger partial charge on any atom is -0.487 e. The minimum atomic E-state index is -0.444. The van der Waals surface area contributed by atoms with E-state index < -0.39 is 6.04 Å². The summed E-state index contributed by atoms with van der Waals surface area (Å²) in [6, 6.07) is 7.68. The SMILES string of the molecule is COc1ccc(-c2cc(F)cc3c2O[C@H](CNC(=O)[C@@H](C)n2nc(C)cc2C)C3)nn1. The third-order valence-corrected chi connectivity index (χ3v) is 5.28. The van der Waals surface area contributed by atoms with E-state index in [2.05, 4.69) is 20.6 Å². The van der Waals surface area contributed by atoms with Gasteiger partial charge in [-0.3, -0.25) is 9.48 Å². The van der Waals surface area contributed by atoms with Crippen molar-refractivity contribution in [3.05, 3.63) is 53.1 Å². The zero-order valence-electron chi connectivity index (χ0n) is 17.8. The summed E-state index contributed by atoms with van der Waals surface area (Å²) in [5.74, 6) is 0.401. The van der Waals surface area contributed by atoms with E-state index in [1.54, 1.807) is 23.7 Å². The Labute approximate surface area is 179 Å². The number of amides is 1. The Balaban J connectivity index is 1.46. The molecule has 0 saturated carbocycles. The first-order valence-corrected chi connectivity index (χ1v) is 10.0. The molecule has 4 rings (SSSR count). The number of benzene rings is 1. The van der Waals surface area contributed by atoms with E-state index in [4.69, 9.17) is 9.47 Å². The quantitative estimate of drug-likeness (QED) is 0.653. The molecule has 3 heterocycles. The molecule has 1 aliphatic heterocycles. The Kier molecular flexibility index (Phi) is 5.58. The monoisotopic (exact) mass is 425 g/mol. The normalized spacial score (nSPS) is 15.8. The second kappa shape index (κ2) is 8.33. The van der Waals surface area contributed by atoms with Gasteiger partial charge < -0.3 is 14.8 Å². The van der Waals surface area contributed by atoms with Gasteiger partial charge in [0.1, 0.15) is 23.7 Å². The first-order chi connectivity index (χ1) is 14.9. The van der Waals surface area contributed by atoms with Crippen molar-refractivity contribution in [1.82, 2.24) is 25.3 Å². The summed E-state index contributed by atoms with van der Waals surface area (Å²) in [5.41, 5.74) is 3.53. The number of rotatable bonds is 6. The van der Waals surface area contributed by atoms with Crippen molar-refractivity contribution in [2.45, 2.75) is 39.3 Å². The number of ether oxygens (including phenoxy) is 2. The second-order valence-electron chi connectivity index (χ2n) is 7.64. The molecule has 2 atom stereocenters. The predicted octanol–water partition coefficient (Wildman–Crippen LogP) is 2.79. The molecule has 31 heavy (non-hydrogen) atoms. The van der Waals surface area contributed by atoms with Gasteiger partial charge in [0.05, 0.1) is 25.0 Å². The second-order valence-corrected chi connectivity index (χ2v) is 7.64. The number of halogens is 1. The summed E-state index contributed by atoms with van der Waals surface area (Å²) >= 11 is 0. The predicted molar refractivity (Wildman–Crippen MR) is 112 cm³/mol. The molecule has 0 aliphatic carbocycles. The zero-order valence-corrected chi connectivity index (χ0v) is 17.8. The summed E-state index contributed by atoms with van der Waals surface area (Å²) in [4.78, 5) is 12.6. The van der Waals surface area contributed by atoms with Gasteiger partial charge in [0.25, 0.3) is 0 Å². The van der Waals surface area contributed by atoms with Crippen molar-refractivity contribution in [2.24, 2.45) is 0 Å². The lowest BCUT2D eigenvalue weighted by Gasteiger charge is -2.17. The molecule has 0 radical (unpaired) electrons. The lowest BCUT2D eigenvalue weighted by molar-refractivity contribution is -0.124. The molecule has 8 nitrogen and oxygen atoms in total. The molecule has 1 amide bonds. The fourth-order valence-electron chi connectivity index (χ4n) is 3.78. The van der Waals surface area contributed by atoms with Crippen LogP contribution in [0.4, 0.5) is 4.39 Å². The number of hydrogen-bond donors (Lipinski definition) is 1. The molecule has 0 saturated heterocycles. The number of carbonyl (C=O) groups excluding carboxylic acids is 1. The van der Waals surface area contributed by atoms with Crippen LogP contribution in [-0.4, -0.2) is 45.6 Å². The van der Waals surface area contributed by atoms with Crippen LogP contribution in [0.25, 0.3) is 11.3 Å². The molecule has 0 bridgehead atoms. The molecule has 1 N–H and O–H groups in total. The molecule has 0 spiro atoms. The van der Waals surface area contributed by atoms with E-state index in [0.29, 0.717) is 35.9 Å². The van der Waals surface area contributed by atoms with Crippen molar-refractivity contribution >= 4 is 5.91 Å². The third-order valence-electron chi connectivity index (χ3n) is 5.28. The Morgan fingerprint density at radius 1 is 1.32 bits per heavy atom. The van der Waals surface area contributed by atoms with Gasteiger partial charge in [0.15, 0.2) is 0 Å². The number of methoxy groups -OCH3 is 1. The Hall–Kier alpha value is -3.49. The highest BCUT2D eigenvalue weighted by Gasteiger charge is 2.29. The Morgan fingerprint density at radius 3 is 2.77 bits per heavy atom. The molecular formula is C22H24FN5O3. The average molecular weight is 425 g/mol. The van der Waals surface area contributed by atoms with Crippen LogP contribution in [0.2, 0.25) is 0 Å². The van der Waals surface area contributed by atoms with Crippen molar-refractivity contribution in [3.8, 4) is 22.9 Å². The molecular weight excluding hydrogens is 401 g/mol. The molecule has 0 unspecified atom stereocenters. The Bertz CT molecular complexity index is 1110. The summed E-state index contributed by atoms with van der Waals surface area (Å²) in [7, 11) is 1.50.